The minimum absolute atomic E-state index is 0. The number of rotatable bonds is 8. The molecule has 8 aliphatic rings. The van der Waals surface area contributed by atoms with Gasteiger partial charge in [-0.25, -0.2) is 0 Å². The van der Waals surface area contributed by atoms with E-state index in [-0.39, 0.29) is 24.8 Å². The van der Waals surface area contributed by atoms with Gasteiger partial charge in [0, 0.05) is 0 Å². The van der Waals surface area contributed by atoms with E-state index < -0.39 is 18.0 Å². The van der Waals surface area contributed by atoms with Crippen LogP contribution in [-0.2, 0) is 36.2 Å². The van der Waals surface area contributed by atoms with Gasteiger partial charge < -0.3 is 24.8 Å². The quantitative estimate of drug-likeness (QED) is 0.105. The van der Waals surface area contributed by atoms with E-state index >= 15 is 0 Å². The number of fused-ring (bicyclic) bond motifs is 4. The minimum Gasteiger partial charge on any atom is -1.00 e. The summed E-state index contributed by atoms with van der Waals surface area (Å²) in [6, 6.07) is 55.2. The van der Waals surface area contributed by atoms with Crippen molar-refractivity contribution in [2.75, 3.05) is 0 Å². The molecule has 0 aliphatic heterocycles. The first-order chi connectivity index (χ1) is 33.5. The van der Waals surface area contributed by atoms with E-state index in [0.717, 1.165) is 59.2 Å². The largest absolute Gasteiger partial charge is 1.00 e. The third kappa shape index (κ3) is 10.8. The van der Waals surface area contributed by atoms with Crippen molar-refractivity contribution < 1.29 is 61.3 Å². The smallest absolute Gasteiger partial charge is 0.0114 e. The third-order valence-electron chi connectivity index (χ3n) is 18.4. The van der Waals surface area contributed by atoms with Crippen LogP contribution in [0.15, 0.2) is 146 Å². The van der Waals surface area contributed by atoms with Crippen LogP contribution in [0, 0.1) is 59.2 Å². The van der Waals surface area contributed by atoms with Crippen LogP contribution in [0.2, 0.25) is 12.6 Å². The van der Waals surface area contributed by atoms with Crippen molar-refractivity contribution in [1.29, 1.82) is 0 Å². The molecule has 8 bridgehead atoms. The molecular formula is C64H65Cl2F3SiZr-2. The summed E-state index contributed by atoms with van der Waals surface area (Å²) in [6.07, 6.45) is 13.4. The second-order valence-electron chi connectivity index (χ2n) is 22.9. The molecule has 0 amide bonds. The van der Waals surface area contributed by atoms with Gasteiger partial charge in [0.05, 0.1) is 0 Å². The Morgan fingerprint density at radius 1 is 0.465 bits per heavy atom. The molecular weight excluding hydrogens is 1020 g/mol. The van der Waals surface area contributed by atoms with Gasteiger partial charge in [0.15, 0.2) is 0 Å². The molecule has 0 N–H and O–H groups in total. The van der Waals surface area contributed by atoms with Crippen LogP contribution >= 0.6 is 0 Å². The van der Waals surface area contributed by atoms with E-state index in [1.165, 1.54) is 153 Å². The Morgan fingerprint density at radius 3 is 1.15 bits per heavy atom. The summed E-state index contributed by atoms with van der Waals surface area (Å²) in [5.74, 6) is 10.2. The van der Waals surface area contributed by atoms with Crippen LogP contribution in [-0.4, -0.2) is 11.6 Å². The Hall–Kier alpha value is -3.47. The fourth-order valence-corrected chi connectivity index (χ4v) is 17.4. The number of benzene rings is 6. The van der Waals surface area contributed by atoms with E-state index in [1.807, 2.05) is 6.55 Å². The number of halogens is 5. The summed E-state index contributed by atoms with van der Waals surface area (Å²) < 4.78 is 34.3. The maximum Gasteiger partial charge on any atom is -0.0114 e. The summed E-state index contributed by atoms with van der Waals surface area (Å²) in [4.78, 5) is 0. The predicted octanol–water partition coefficient (Wildman–Crippen LogP) is 12.1. The molecule has 8 saturated carbocycles. The first-order valence-electron chi connectivity index (χ1n) is 26.5. The molecule has 8 aliphatic carbocycles. The molecule has 0 radical (unpaired) electrons. The van der Waals surface area contributed by atoms with Crippen LogP contribution in [0.4, 0.5) is 13.2 Å². The van der Waals surface area contributed by atoms with Gasteiger partial charge in [0.25, 0.3) is 0 Å². The summed E-state index contributed by atoms with van der Waals surface area (Å²) in [7, 11) is 0. The van der Waals surface area contributed by atoms with Gasteiger partial charge >= 0.3 is 67.1 Å². The predicted molar refractivity (Wildman–Crippen MR) is 281 cm³/mol. The summed E-state index contributed by atoms with van der Waals surface area (Å²) >= 11 is 1.29. The van der Waals surface area contributed by atoms with Crippen molar-refractivity contribution in [2.45, 2.75) is 102 Å². The van der Waals surface area contributed by atoms with Crippen LogP contribution in [0.1, 0.15) is 81.8 Å². The average Bonchev–Trinajstić information content (AvgIpc) is 3.96. The van der Waals surface area contributed by atoms with Gasteiger partial charge in [0.1, 0.15) is 0 Å². The molecule has 0 nitrogen and oxygen atoms in total. The Morgan fingerprint density at radius 2 is 0.803 bits per heavy atom. The van der Waals surface area contributed by atoms with E-state index in [9.17, 15) is 13.2 Å². The monoisotopic (exact) mass is 1080 g/mol. The zero-order valence-corrected chi connectivity index (χ0v) is 45.9. The maximum atomic E-state index is 11.4. The number of hydrogen-bond donors (Lipinski definition) is 0. The average molecular weight is 1080 g/mol. The minimum atomic E-state index is -3.93. The molecule has 8 fully saturated rings. The summed E-state index contributed by atoms with van der Waals surface area (Å²) in [5.41, 5.74) is 8.07. The normalized spacial score (nSPS) is 26.7. The summed E-state index contributed by atoms with van der Waals surface area (Å²) in [6.45, 7) is 1.93. The maximum absolute atomic E-state index is 11.4. The summed E-state index contributed by atoms with van der Waals surface area (Å²) in [5, 5.41) is 11.1. The first kappa shape index (κ1) is 51.0. The van der Waals surface area contributed by atoms with Crippen LogP contribution < -0.4 is 24.8 Å². The van der Waals surface area contributed by atoms with Gasteiger partial charge in [-0.1, -0.05) is 108 Å². The van der Waals surface area contributed by atoms with Crippen LogP contribution in [0.5, 0.6) is 0 Å². The van der Waals surface area contributed by atoms with Gasteiger partial charge in [-0.3, -0.25) is 0 Å². The molecule has 366 valence electrons. The zero-order chi connectivity index (χ0) is 46.8. The van der Waals surface area contributed by atoms with E-state index in [4.69, 9.17) is 0 Å². The van der Waals surface area contributed by atoms with Crippen molar-refractivity contribution in [3.8, 4) is 22.3 Å². The Labute approximate surface area is 446 Å². The van der Waals surface area contributed by atoms with Crippen LogP contribution in [0.25, 0.3) is 65.3 Å². The van der Waals surface area contributed by atoms with Gasteiger partial charge in [-0.2, -0.15) is 12.1 Å². The van der Waals surface area contributed by atoms with E-state index in [2.05, 4.69) is 146 Å². The zero-order valence-electron chi connectivity index (χ0n) is 40.9. The molecule has 71 heavy (non-hydrogen) atoms. The number of alkyl halides is 3. The molecule has 0 aromatic heterocycles. The topological polar surface area (TPSA) is 0 Å². The SMILES string of the molecule is C[Si](=[Zr+2])CCC(F)(F)F.[Cl-].[Cl-].c1ccc2c(-c3cccc4[cH-]c(CC5C6CC7CC(C6)CC5C7)cc34)cccc2c1.c1ccc2c(-c3cccc4[cH-]c(CC5C6CC7CC(C6)CC5C7)cc34)cccc2c1. The van der Waals surface area contributed by atoms with Crippen LogP contribution in [0.3, 0.4) is 0 Å². The van der Waals surface area contributed by atoms with Crippen molar-refractivity contribution >= 4 is 48.5 Å². The third-order valence-corrected chi connectivity index (χ3v) is 21.2. The molecule has 0 unspecified atom stereocenters. The molecule has 16 rings (SSSR count). The number of hydrogen-bond acceptors (Lipinski definition) is 0. The van der Waals surface area contributed by atoms with E-state index in [1.54, 1.807) is 24.0 Å². The van der Waals surface area contributed by atoms with E-state index in [0.29, 0.717) is 6.04 Å². The van der Waals surface area contributed by atoms with Crippen molar-refractivity contribution in [1.82, 2.24) is 0 Å². The van der Waals surface area contributed by atoms with Gasteiger partial charge in [-0.05, 0) is 169 Å². The molecule has 0 heterocycles. The Balaban J connectivity index is 0.000000137. The van der Waals surface area contributed by atoms with Gasteiger partial charge in [0.2, 0.25) is 0 Å². The molecule has 7 heteroatoms. The molecule has 0 atom stereocenters. The van der Waals surface area contributed by atoms with Gasteiger partial charge in [-0.15, -0.1) is 69.1 Å². The Bertz CT molecular complexity index is 2900. The fraction of sp³-hybridized carbons (Fsp3) is 0.406. The second-order valence-corrected chi connectivity index (χ2v) is 31.2. The first-order valence-corrected chi connectivity index (χ1v) is 32.4. The Kier molecular flexibility index (Phi) is 15.4. The van der Waals surface area contributed by atoms with Crippen molar-refractivity contribution in [3.05, 3.63) is 157 Å². The molecule has 8 aromatic carbocycles. The van der Waals surface area contributed by atoms with Crippen molar-refractivity contribution in [3.63, 3.8) is 0 Å². The second kappa shape index (κ2) is 21.4. The molecule has 8 aromatic rings. The molecule has 0 saturated heterocycles. The standard InChI is InChI=1S/2C30H29.C4H7F3Si.2ClH.Zr/c2*1-2-8-26-22(5-1)6-3-9-27(26)28-10-4-7-23-12-21(18-30(23)28)17-29-24-13-19-11-20(15-24)16-25(29)14-19;1-8-3-2-4(5,6)7;;;/h2*1-10,12,18-20,24-25,29H,11,13-17H2;2-3H2,1H3;2*1H;/q2*-1;;;;+2/p-2. The fourth-order valence-electron chi connectivity index (χ4n) is 15.8. The molecule has 0 spiro atoms. The van der Waals surface area contributed by atoms with Crippen molar-refractivity contribution in [2.24, 2.45) is 59.2 Å².